The Morgan fingerprint density at radius 2 is 2.44 bits per heavy atom. The lowest BCUT2D eigenvalue weighted by Crippen LogP contribution is -1.85. The van der Waals surface area contributed by atoms with Crippen LogP contribution in [0.5, 0.6) is 0 Å². The minimum atomic E-state index is -0.421. The smallest absolute Gasteiger partial charge is 0.243 e. The van der Waals surface area contributed by atoms with E-state index in [-0.39, 0.29) is 0 Å². The van der Waals surface area contributed by atoms with Crippen LogP contribution >= 0.6 is 11.8 Å². The van der Waals surface area contributed by atoms with E-state index in [1.54, 1.807) is 0 Å². The van der Waals surface area contributed by atoms with Gasteiger partial charge in [-0.15, -0.1) is 11.8 Å². The summed E-state index contributed by atoms with van der Waals surface area (Å²) in [6.45, 7) is 1.89. The minimum Gasteiger partial charge on any atom is -0.259 e. The van der Waals surface area contributed by atoms with Crippen molar-refractivity contribution < 1.29 is 4.92 Å². The number of hydrogen-bond acceptors (Lipinski definition) is 3. The monoisotopic (exact) mass is 147 g/mol. The largest absolute Gasteiger partial charge is 0.259 e. The van der Waals surface area contributed by atoms with Crippen molar-refractivity contribution >= 4 is 11.8 Å². The average molecular weight is 147 g/mol. The predicted octanol–water partition coefficient (Wildman–Crippen LogP) is 1.88. The van der Waals surface area contributed by atoms with Gasteiger partial charge in [0.25, 0.3) is 0 Å². The molecular formula is C5H9NO2S. The van der Waals surface area contributed by atoms with Gasteiger partial charge in [-0.2, -0.15) is 0 Å². The van der Waals surface area contributed by atoms with Crippen molar-refractivity contribution in [2.75, 3.05) is 6.26 Å². The molecule has 0 aromatic carbocycles. The first kappa shape index (κ1) is 8.49. The van der Waals surface area contributed by atoms with Crippen molar-refractivity contribution in [2.45, 2.75) is 13.3 Å². The molecular weight excluding hydrogens is 138 g/mol. The lowest BCUT2D eigenvalue weighted by molar-refractivity contribution is -0.403. The summed E-state index contributed by atoms with van der Waals surface area (Å²) in [7, 11) is 0. The highest BCUT2D eigenvalue weighted by atomic mass is 32.2. The Balaban J connectivity index is 3.91. The number of allylic oxidation sites excluding steroid dienone is 1. The Morgan fingerprint density at radius 3 is 2.56 bits per heavy atom. The van der Waals surface area contributed by atoms with E-state index < -0.39 is 4.92 Å². The standard InChI is InChI=1S/C5H9NO2S/c1-3-5(9-2)4-6(7)8/h4H,3H2,1-2H3/b5-4+. The third-order valence-corrected chi connectivity index (χ3v) is 1.78. The van der Waals surface area contributed by atoms with Gasteiger partial charge in [0.1, 0.15) is 0 Å². The minimum absolute atomic E-state index is 0.421. The van der Waals surface area contributed by atoms with Crippen molar-refractivity contribution in [3.8, 4) is 0 Å². The Labute approximate surface area is 58.3 Å². The van der Waals surface area contributed by atoms with Crippen molar-refractivity contribution in [1.82, 2.24) is 0 Å². The fourth-order valence-electron chi connectivity index (χ4n) is 0.406. The molecule has 0 fully saturated rings. The van der Waals surface area contributed by atoms with Gasteiger partial charge in [-0.05, 0) is 12.7 Å². The molecule has 0 spiro atoms. The summed E-state index contributed by atoms with van der Waals surface area (Å²) in [5, 5.41) is 9.84. The second-order valence-corrected chi connectivity index (χ2v) is 2.37. The predicted molar refractivity (Wildman–Crippen MR) is 38.9 cm³/mol. The molecule has 0 aliphatic carbocycles. The van der Waals surface area contributed by atoms with Crippen molar-refractivity contribution in [1.29, 1.82) is 0 Å². The van der Waals surface area contributed by atoms with Crippen LogP contribution in [-0.4, -0.2) is 11.2 Å². The first-order valence-corrected chi connectivity index (χ1v) is 3.81. The van der Waals surface area contributed by atoms with Crippen LogP contribution in [-0.2, 0) is 0 Å². The maximum absolute atomic E-state index is 9.84. The Kier molecular flexibility index (Phi) is 4.13. The van der Waals surface area contributed by atoms with Crippen LogP contribution in [0.15, 0.2) is 11.1 Å². The van der Waals surface area contributed by atoms with E-state index in [1.807, 2.05) is 13.2 Å². The lowest BCUT2D eigenvalue weighted by atomic mass is 10.5. The lowest BCUT2D eigenvalue weighted by Gasteiger charge is -1.91. The maximum Gasteiger partial charge on any atom is 0.243 e. The maximum atomic E-state index is 9.84. The van der Waals surface area contributed by atoms with E-state index in [0.717, 1.165) is 17.5 Å². The zero-order valence-electron chi connectivity index (χ0n) is 5.46. The van der Waals surface area contributed by atoms with Gasteiger partial charge in [0, 0.05) is 0 Å². The number of nitro groups is 1. The third kappa shape index (κ3) is 4.02. The highest BCUT2D eigenvalue weighted by molar-refractivity contribution is 8.02. The van der Waals surface area contributed by atoms with E-state index in [2.05, 4.69) is 0 Å². The van der Waals surface area contributed by atoms with Gasteiger partial charge in [-0.1, -0.05) is 6.92 Å². The van der Waals surface area contributed by atoms with Gasteiger partial charge in [-0.3, -0.25) is 10.1 Å². The number of thioether (sulfide) groups is 1. The molecule has 0 saturated heterocycles. The van der Waals surface area contributed by atoms with Crippen molar-refractivity contribution in [2.24, 2.45) is 0 Å². The molecule has 0 aromatic rings. The topological polar surface area (TPSA) is 43.1 Å². The number of nitrogens with zero attached hydrogens (tertiary/aromatic N) is 1. The molecule has 0 unspecified atom stereocenters. The van der Waals surface area contributed by atoms with Gasteiger partial charge in [-0.25, -0.2) is 0 Å². The molecule has 0 atom stereocenters. The van der Waals surface area contributed by atoms with Crippen molar-refractivity contribution in [3.05, 3.63) is 21.2 Å². The van der Waals surface area contributed by atoms with Crippen LogP contribution in [0, 0.1) is 10.1 Å². The van der Waals surface area contributed by atoms with Gasteiger partial charge in [0.15, 0.2) is 0 Å². The fourth-order valence-corrected chi connectivity index (χ4v) is 0.886. The van der Waals surface area contributed by atoms with Gasteiger partial charge < -0.3 is 0 Å². The SMILES string of the molecule is CC/C(=C\[N+](=O)[O-])SC. The molecule has 0 saturated carbocycles. The molecule has 9 heavy (non-hydrogen) atoms. The van der Waals surface area contributed by atoms with Gasteiger partial charge in [0.05, 0.1) is 9.83 Å². The molecule has 0 N–H and O–H groups in total. The van der Waals surface area contributed by atoms with Crippen LogP contribution in [0.2, 0.25) is 0 Å². The summed E-state index contributed by atoms with van der Waals surface area (Å²) in [5.41, 5.74) is 0. The summed E-state index contributed by atoms with van der Waals surface area (Å²) in [6.07, 6.45) is 3.62. The molecule has 4 heteroatoms. The average Bonchev–Trinajstić information content (AvgIpc) is 1.82. The van der Waals surface area contributed by atoms with Crippen LogP contribution in [0.4, 0.5) is 0 Å². The molecule has 0 amide bonds. The van der Waals surface area contributed by atoms with Gasteiger partial charge in [0.2, 0.25) is 6.20 Å². The van der Waals surface area contributed by atoms with Gasteiger partial charge >= 0.3 is 0 Å². The Morgan fingerprint density at radius 1 is 1.89 bits per heavy atom. The molecule has 3 nitrogen and oxygen atoms in total. The van der Waals surface area contributed by atoms with E-state index in [1.165, 1.54) is 11.8 Å². The number of rotatable bonds is 3. The van der Waals surface area contributed by atoms with Crippen LogP contribution < -0.4 is 0 Å². The molecule has 0 bridgehead atoms. The zero-order valence-corrected chi connectivity index (χ0v) is 6.27. The second kappa shape index (κ2) is 4.38. The summed E-state index contributed by atoms with van der Waals surface area (Å²) < 4.78 is 0. The van der Waals surface area contributed by atoms with Crippen molar-refractivity contribution in [3.63, 3.8) is 0 Å². The number of hydrogen-bond donors (Lipinski definition) is 0. The quantitative estimate of drug-likeness (QED) is 0.452. The molecule has 0 aromatic heterocycles. The Bertz CT molecular complexity index is 127. The van der Waals surface area contributed by atoms with E-state index in [9.17, 15) is 10.1 Å². The second-order valence-electron chi connectivity index (χ2n) is 1.44. The normalized spacial score (nSPS) is 11.6. The first-order chi connectivity index (χ1) is 4.20. The molecule has 0 heterocycles. The van der Waals surface area contributed by atoms with Crippen LogP contribution in [0.25, 0.3) is 0 Å². The molecule has 0 aliphatic heterocycles. The molecule has 0 radical (unpaired) electrons. The Hall–Kier alpha value is -0.510. The molecule has 52 valence electrons. The van der Waals surface area contributed by atoms with E-state index in [0.29, 0.717) is 0 Å². The summed E-state index contributed by atoms with van der Waals surface area (Å²) in [5.74, 6) is 0. The summed E-state index contributed by atoms with van der Waals surface area (Å²) in [4.78, 5) is 10.2. The van der Waals surface area contributed by atoms with E-state index >= 15 is 0 Å². The highest BCUT2D eigenvalue weighted by Crippen LogP contribution is 2.14. The van der Waals surface area contributed by atoms with Crippen LogP contribution in [0.3, 0.4) is 0 Å². The molecule has 0 aliphatic rings. The molecule has 0 rings (SSSR count). The van der Waals surface area contributed by atoms with E-state index in [4.69, 9.17) is 0 Å². The highest BCUT2D eigenvalue weighted by Gasteiger charge is 1.95. The third-order valence-electron chi connectivity index (χ3n) is 0.860. The summed E-state index contributed by atoms with van der Waals surface area (Å²) >= 11 is 1.42. The van der Waals surface area contributed by atoms with Crippen LogP contribution in [0.1, 0.15) is 13.3 Å². The first-order valence-electron chi connectivity index (χ1n) is 2.59. The summed E-state index contributed by atoms with van der Waals surface area (Å²) in [6, 6.07) is 0. The zero-order chi connectivity index (χ0) is 7.28. The fraction of sp³-hybridized carbons (Fsp3) is 0.600.